The van der Waals surface area contributed by atoms with Crippen molar-refractivity contribution in [3.8, 4) is 6.07 Å². The van der Waals surface area contributed by atoms with Crippen LogP contribution in [-0.4, -0.2) is 16.7 Å². The maximum absolute atomic E-state index is 12.2. The highest BCUT2D eigenvalue weighted by molar-refractivity contribution is 6.07. The first-order valence-corrected chi connectivity index (χ1v) is 7.70. The number of nitrogens with one attached hydrogen (secondary N) is 3. The molecular weight excluding hydrogens is 350 g/mol. The van der Waals surface area contributed by atoms with Crippen LogP contribution in [0.3, 0.4) is 0 Å². The highest BCUT2D eigenvalue weighted by Crippen LogP contribution is 2.23. The summed E-state index contributed by atoms with van der Waals surface area (Å²) in [7, 11) is 0. The standard InChI is InChI=1S/C18H15N5O4/c1-12(24)21-15-6-4-5-14(9-15)20-11-13(10-19)18(25)22-16-7-2-3-8-17(16)23(26)27/h2-9,11,20H,1H3,(H,21,24)(H,22,25)/b13-11-. The number of nitrogens with zero attached hydrogens (tertiary/aromatic N) is 2. The van der Waals surface area contributed by atoms with Crippen molar-refractivity contribution in [2.45, 2.75) is 6.92 Å². The number of hydrogen-bond acceptors (Lipinski definition) is 6. The normalized spacial score (nSPS) is 10.4. The van der Waals surface area contributed by atoms with E-state index >= 15 is 0 Å². The summed E-state index contributed by atoms with van der Waals surface area (Å²) in [6.45, 7) is 1.38. The minimum atomic E-state index is -0.794. The Balaban J connectivity index is 2.15. The number of amides is 2. The highest BCUT2D eigenvalue weighted by atomic mass is 16.6. The Kier molecular flexibility index (Phi) is 6.22. The number of nitro benzene ring substituents is 1. The van der Waals surface area contributed by atoms with Gasteiger partial charge in [0.2, 0.25) is 5.91 Å². The number of para-hydroxylation sites is 2. The average molecular weight is 365 g/mol. The van der Waals surface area contributed by atoms with Crippen LogP contribution in [0.1, 0.15) is 6.92 Å². The lowest BCUT2D eigenvalue weighted by molar-refractivity contribution is -0.383. The second-order valence-corrected chi connectivity index (χ2v) is 5.30. The molecule has 0 aromatic heterocycles. The average Bonchev–Trinajstić information content (AvgIpc) is 2.62. The van der Waals surface area contributed by atoms with Gasteiger partial charge in [0.1, 0.15) is 17.3 Å². The van der Waals surface area contributed by atoms with Crippen LogP contribution in [-0.2, 0) is 9.59 Å². The summed E-state index contributed by atoms with van der Waals surface area (Å²) < 4.78 is 0. The van der Waals surface area contributed by atoms with Crippen molar-refractivity contribution < 1.29 is 14.5 Å². The third-order valence-corrected chi connectivity index (χ3v) is 3.28. The molecule has 0 bridgehead atoms. The number of hydrogen-bond donors (Lipinski definition) is 3. The monoisotopic (exact) mass is 365 g/mol. The Morgan fingerprint density at radius 2 is 1.81 bits per heavy atom. The van der Waals surface area contributed by atoms with Crippen molar-refractivity contribution in [2.75, 3.05) is 16.0 Å². The topological polar surface area (TPSA) is 137 Å². The van der Waals surface area contributed by atoms with Crippen molar-refractivity contribution in [3.63, 3.8) is 0 Å². The van der Waals surface area contributed by atoms with E-state index in [4.69, 9.17) is 0 Å². The van der Waals surface area contributed by atoms with E-state index in [-0.39, 0.29) is 22.9 Å². The zero-order valence-electron chi connectivity index (χ0n) is 14.2. The fourth-order valence-electron chi connectivity index (χ4n) is 2.12. The van der Waals surface area contributed by atoms with Crippen LogP contribution in [0.5, 0.6) is 0 Å². The molecule has 0 atom stereocenters. The molecule has 0 saturated carbocycles. The van der Waals surface area contributed by atoms with Crippen LogP contribution in [0.2, 0.25) is 0 Å². The zero-order valence-corrected chi connectivity index (χ0v) is 14.2. The van der Waals surface area contributed by atoms with Gasteiger partial charge in [-0.25, -0.2) is 0 Å². The Bertz CT molecular complexity index is 962. The first kappa shape index (κ1) is 19.1. The molecule has 0 unspecified atom stereocenters. The van der Waals surface area contributed by atoms with Crippen LogP contribution in [0.4, 0.5) is 22.7 Å². The number of nitriles is 1. The molecule has 2 aromatic carbocycles. The molecule has 2 rings (SSSR count). The van der Waals surface area contributed by atoms with Crippen molar-refractivity contribution in [1.82, 2.24) is 0 Å². The van der Waals surface area contributed by atoms with Gasteiger partial charge in [0.15, 0.2) is 0 Å². The van der Waals surface area contributed by atoms with Gasteiger partial charge >= 0.3 is 0 Å². The van der Waals surface area contributed by atoms with E-state index in [0.717, 1.165) is 0 Å². The highest BCUT2D eigenvalue weighted by Gasteiger charge is 2.17. The molecule has 0 spiro atoms. The summed E-state index contributed by atoms with van der Waals surface area (Å²) in [5.41, 5.74) is 0.509. The van der Waals surface area contributed by atoms with E-state index in [0.29, 0.717) is 11.4 Å². The summed E-state index contributed by atoms with van der Waals surface area (Å²) in [4.78, 5) is 33.7. The second kappa shape index (κ2) is 8.77. The lowest BCUT2D eigenvalue weighted by atomic mass is 10.2. The largest absolute Gasteiger partial charge is 0.360 e. The van der Waals surface area contributed by atoms with Crippen LogP contribution in [0.15, 0.2) is 60.3 Å². The Labute approximate surface area is 154 Å². The fraction of sp³-hybridized carbons (Fsp3) is 0.0556. The fourth-order valence-corrected chi connectivity index (χ4v) is 2.12. The van der Waals surface area contributed by atoms with Gasteiger partial charge < -0.3 is 16.0 Å². The Hall–Kier alpha value is -4.19. The summed E-state index contributed by atoms with van der Waals surface area (Å²) in [5.74, 6) is -1.03. The van der Waals surface area contributed by atoms with Gasteiger partial charge in [-0.3, -0.25) is 19.7 Å². The van der Waals surface area contributed by atoms with Gasteiger partial charge in [-0.2, -0.15) is 5.26 Å². The number of carbonyl (C=O) groups is 2. The first-order chi connectivity index (χ1) is 12.9. The number of anilines is 3. The Morgan fingerprint density at radius 1 is 1.11 bits per heavy atom. The molecule has 0 radical (unpaired) electrons. The Morgan fingerprint density at radius 3 is 2.48 bits per heavy atom. The summed E-state index contributed by atoms with van der Waals surface area (Å²) in [5, 5.41) is 27.9. The summed E-state index contributed by atoms with van der Waals surface area (Å²) in [6, 6.07) is 14.0. The van der Waals surface area contributed by atoms with Gasteiger partial charge in [0, 0.05) is 30.6 Å². The molecule has 0 aliphatic heterocycles. The molecule has 0 saturated heterocycles. The lowest BCUT2D eigenvalue weighted by Gasteiger charge is -2.07. The van der Waals surface area contributed by atoms with Gasteiger partial charge in [-0.15, -0.1) is 0 Å². The molecule has 9 heteroatoms. The minimum absolute atomic E-state index is 0.0127. The molecule has 2 aromatic rings. The van der Waals surface area contributed by atoms with Gasteiger partial charge in [0.25, 0.3) is 11.6 Å². The molecular formula is C18H15N5O4. The smallest absolute Gasteiger partial charge is 0.292 e. The van der Waals surface area contributed by atoms with Crippen LogP contribution < -0.4 is 16.0 Å². The minimum Gasteiger partial charge on any atom is -0.360 e. The molecule has 3 N–H and O–H groups in total. The predicted molar refractivity (Wildman–Crippen MR) is 99.8 cm³/mol. The number of rotatable bonds is 6. The molecule has 0 aliphatic rings. The summed E-state index contributed by atoms with van der Waals surface area (Å²) in [6.07, 6.45) is 1.18. The maximum atomic E-state index is 12.2. The third kappa shape index (κ3) is 5.40. The van der Waals surface area contributed by atoms with E-state index in [1.807, 2.05) is 0 Å². The van der Waals surface area contributed by atoms with E-state index < -0.39 is 10.8 Å². The first-order valence-electron chi connectivity index (χ1n) is 7.70. The quantitative estimate of drug-likeness (QED) is 0.311. The maximum Gasteiger partial charge on any atom is 0.292 e. The second-order valence-electron chi connectivity index (χ2n) is 5.30. The lowest BCUT2D eigenvalue weighted by Crippen LogP contribution is -2.15. The SMILES string of the molecule is CC(=O)Nc1cccc(N/C=C(/C#N)C(=O)Nc2ccccc2[N+](=O)[O-])c1. The van der Waals surface area contributed by atoms with E-state index in [9.17, 15) is 25.0 Å². The molecule has 136 valence electrons. The van der Waals surface area contributed by atoms with Crippen LogP contribution in [0.25, 0.3) is 0 Å². The molecule has 0 aliphatic carbocycles. The van der Waals surface area contributed by atoms with E-state index in [1.165, 1.54) is 37.4 Å². The van der Waals surface area contributed by atoms with E-state index in [2.05, 4.69) is 16.0 Å². The molecule has 27 heavy (non-hydrogen) atoms. The van der Waals surface area contributed by atoms with Crippen molar-refractivity contribution in [3.05, 3.63) is 70.4 Å². The van der Waals surface area contributed by atoms with Crippen molar-refractivity contribution >= 4 is 34.6 Å². The van der Waals surface area contributed by atoms with Crippen LogP contribution >= 0.6 is 0 Å². The van der Waals surface area contributed by atoms with Gasteiger partial charge in [0.05, 0.1) is 4.92 Å². The zero-order chi connectivity index (χ0) is 19.8. The van der Waals surface area contributed by atoms with Crippen molar-refractivity contribution in [1.29, 1.82) is 5.26 Å². The molecule has 0 fully saturated rings. The van der Waals surface area contributed by atoms with E-state index in [1.54, 1.807) is 30.3 Å². The third-order valence-electron chi connectivity index (χ3n) is 3.28. The van der Waals surface area contributed by atoms with Crippen molar-refractivity contribution in [2.24, 2.45) is 0 Å². The number of benzene rings is 2. The number of carbonyl (C=O) groups excluding carboxylic acids is 2. The molecule has 0 heterocycles. The summed E-state index contributed by atoms with van der Waals surface area (Å²) >= 11 is 0. The van der Waals surface area contributed by atoms with Crippen LogP contribution in [0, 0.1) is 21.4 Å². The number of nitro groups is 1. The molecule has 9 nitrogen and oxygen atoms in total. The molecule has 2 amide bonds. The van der Waals surface area contributed by atoms with Gasteiger partial charge in [-0.05, 0) is 24.3 Å². The predicted octanol–water partition coefficient (Wildman–Crippen LogP) is 3.01. The van der Waals surface area contributed by atoms with Gasteiger partial charge in [-0.1, -0.05) is 18.2 Å².